The molecule has 0 fully saturated rings. The first-order chi connectivity index (χ1) is 10.1. The normalized spacial score (nSPS) is 10.7. The highest BCUT2D eigenvalue weighted by atomic mass is 32.1. The van der Waals surface area contributed by atoms with Crippen molar-refractivity contribution in [3.05, 3.63) is 10.9 Å². The number of rotatable bonds is 6. The van der Waals surface area contributed by atoms with Crippen molar-refractivity contribution in [3.63, 3.8) is 0 Å². The van der Waals surface area contributed by atoms with Crippen LogP contribution in [0.4, 0.5) is 11.8 Å². The van der Waals surface area contributed by atoms with Gasteiger partial charge in [-0.3, -0.25) is 10.2 Å². The molecule has 1 amide bonds. The molecule has 0 aliphatic rings. The number of thiophene rings is 1. The zero-order chi connectivity index (χ0) is 15.4. The summed E-state index contributed by atoms with van der Waals surface area (Å²) in [6.07, 6.45) is 0.914. The molecule has 0 spiro atoms. The summed E-state index contributed by atoms with van der Waals surface area (Å²) in [5.74, 6) is 6.50. The number of likely N-dealkylation sites (N-methyl/N-ethyl adjacent to an activating group) is 1. The number of nitrogens with zero attached hydrogens (tertiary/aromatic N) is 3. The van der Waals surface area contributed by atoms with Crippen LogP contribution in [0.2, 0.25) is 0 Å². The summed E-state index contributed by atoms with van der Waals surface area (Å²) in [7, 11) is 1.63. The number of nitrogen functional groups attached to an aromatic ring is 1. The first-order valence-corrected chi connectivity index (χ1v) is 7.61. The van der Waals surface area contributed by atoms with E-state index in [1.165, 1.54) is 0 Å². The summed E-state index contributed by atoms with van der Waals surface area (Å²) in [6, 6.07) is 2.04. The van der Waals surface area contributed by atoms with Crippen molar-refractivity contribution < 1.29 is 4.79 Å². The zero-order valence-electron chi connectivity index (χ0n) is 12.4. The van der Waals surface area contributed by atoms with Crippen molar-refractivity contribution in [3.8, 4) is 0 Å². The third-order valence-corrected chi connectivity index (χ3v) is 3.98. The number of aromatic nitrogens is 2. The maximum absolute atomic E-state index is 11.7. The maximum atomic E-state index is 11.7. The summed E-state index contributed by atoms with van der Waals surface area (Å²) >= 11 is 1.58. The number of fused-ring (bicyclic) bond motifs is 1. The third kappa shape index (κ3) is 3.40. The number of hydrazine groups is 1. The molecule has 0 atom stereocenters. The lowest BCUT2D eigenvalue weighted by Gasteiger charge is -2.23. The van der Waals surface area contributed by atoms with Crippen LogP contribution in [-0.2, 0) is 4.79 Å². The molecule has 0 aliphatic carbocycles. The average molecular weight is 308 g/mol. The van der Waals surface area contributed by atoms with Gasteiger partial charge in [0, 0.05) is 18.5 Å². The Morgan fingerprint density at radius 3 is 2.86 bits per heavy atom. The maximum Gasteiger partial charge on any atom is 0.240 e. The molecule has 2 rings (SSSR count). The molecule has 0 saturated carbocycles. The summed E-state index contributed by atoms with van der Waals surface area (Å²) in [5.41, 5.74) is 2.49. The largest absolute Gasteiger partial charge is 0.358 e. The number of amides is 1. The van der Waals surface area contributed by atoms with Gasteiger partial charge in [0.2, 0.25) is 11.9 Å². The van der Waals surface area contributed by atoms with E-state index in [0.717, 1.165) is 33.9 Å². The van der Waals surface area contributed by atoms with Gasteiger partial charge in [-0.15, -0.1) is 11.3 Å². The fraction of sp³-hybridized carbons (Fsp3) is 0.462. The van der Waals surface area contributed by atoms with Gasteiger partial charge in [-0.1, -0.05) is 6.92 Å². The van der Waals surface area contributed by atoms with Gasteiger partial charge in [-0.2, -0.15) is 4.98 Å². The summed E-state index contributed by atoms with van der Waals surface area (Å²) in [4.78, 5) is 24.5. The molecule has 0 unspecified atom stereocenters. The highest BCUT2D eigenvalue weighted by Gasteiger charge is 2.17. The van der Waals surface area contributed by atoms with E-state index in [1.807, 2.05) is 17.9 Å². The van der Waals surface area contributed by atoms with E-state index in [4.69, 9.17) is 5.84 Å². The zero-order valence-corrected chi connectivity index (χ0v) is 13.3. The van der Waals surface area contributed by atoms with Crippen molar-refractivity contribution in [2.24, 2.45) is 5.84 Å². The molecule has 21 heavy (non-hydrogen) atoms. The highest BCUT2D eigenvalue weighted by Crippen LogP contribution is 2.31. The number of aryl methyl sites for hydroxylation is 1. The van der Waals surface area contributed by atoms with E-state index in [1.54, 1.807) is 18.4 Å². The van der Waals surface area contributed by atoms with Gasteiger partial charge in [0.15, 0.2) is 0 Å². The van der Waals surface area contributed by atoms with Crippen molar-refractivity contribution in [2.45, 2.75) is 20.3 Å². The minimum Gasteiger partial charge on any atom is -0.358 e. The molecule has 0 saturated heterocycles. The van der Waals surface area contributed by atoms with Gasteiger partial charge in [0.1, 0.15) is 10.6 Å². The smallest absolute Gasteiger partial charge is 0.240 e. The van der Waals surface area contributed by atoms with Crippen LogP contribution in [0.15, 0.2) is 6.07 Å². The third-order valence-electron chi connectivity index (χ3n) is 3.03. The Kier molecular flexibility index (Phi) is 4.92. The van der Waals surface area contributed by atoms with Gasteiger partial charge < -0.3 is 10.2 Å². The predicted molar refractivity (Wildman–Crippen MR) is 86.5 cm³/mol. The monoisotopic (exact) mass is 308 g/mol. The lowest BCUT2D eigenvalue weighted by molar-refractivity contribution is -0.119. The number of carbonyl (C=O) groups is 1. The molecule has 2 heterocycles. The topological polar surface area (TPSA) is 96.2 Å². The molecule has 7 nitrogen and oxygen atoms in total. The highest BCUT2D eigenvalue weighted by molar-refractivity contribution is 7.18. The van der Waals surface area contributed by atoms with Crippen LogP contribution in [0.3, 0.4) is 0 Å². The van der Waals surface area contributed by atoms with Crippen LogP contribution >= 0.6 is 11.3 Å². The summed E-state index contributed by atoms with van der Waals surface area (Å²) < 4.78 is 0. The SMILES string of the molecule is CCCN(CC(=O)NC)c1nc(NN)nc2sc(C)cc12. The van der Waals surface area contributed by atoms with E-state index in [-0.39, 0.29) is 12.5 Å². The first kappa shape index (κ1) is 15.5. The van der Waals surface area contributed by atoms with E-state index in [0.29, 0.717) is 5.95 Å². The van der Waals surface area contributed by atoms with E-state index in [9.17, 15) is 4.79 Å². The van der Waals surface area contributed by atoms with Crippen LogP contribution in [0.1, 0.15) is 18.2 Å². The lowest BCUT2D eigenvalue weighted by atomic mass is 10.3. The molecule has 0 radical (unpaired) electrons. The van der Waals surface area contributed by atoms with Crippen LogP contribution in [0.5, 0.6) is 0 Å². The number of nitrogens with two attached hydrogens (primary N) is 1. The van der Waals surface area contributed by atoms with Gasteiger partial charge in [-0.05, 0) is 19.4 Å². The molecule has 0 bridgehead atoms. The van der Waals surface area contributed by atoms with Gasteiger partial charge >= 0.3 is 0 Å². The van der Waals surface area contributed by atoms with Crippen molar-refractivity contribution in [1.82, 2.24) is 15.3 Å². The standard InChI is InChI=1S/C13H20N6OS/c1-4-5-19(7-10(20)15-3)11-9-6-8(2)21-12(9)17-13(16-11)18-14/h6H,4-5,7,14H2,1-3H3,(H,15,20)(H,16,17,18). The Hall–Kier alpha value is -1.93. The molecule has 8 heteroatoms. The van der Waals surface area contributed by atoms with Crippen molar-refractivity contribution >= 4 is 39.2 Å². The Morgan fingerprint density at radius 1 is 1.48 bits per heavy atom. The Balaban J connectivity index is 2.51. The van der Waals surface area contributed by atoms with Crippen LogP contribution in [-0.4, -0.2) is 36.0 Å². The van der Waals surface area contributed by atoms with Gasteiger partial charge in [0.05, 0.1) is 11.9 Å². The average Bonchev–Trinajstić information content (AvgIpc) is 2.85. The minimum absolute atomic E-state index is 0.0515. The Bertz CT molecular complexity index is 641. The van der Waals surface area contributed by atoms with Gasteiger partial charge in [0.25, 0.3) is 0 Å². The van der Waals surface area contributed by atoms with Gasteiger partial charge in [-0.25, -0.2) is 10.8 Å². The molecule has 4 N–H and O–H groups in total. The molecular weight excluding hydrogens is 288 g/mol. The Labute approximate surface area is 127 Å². The number of carbonyl (C=O) groups excluding carboxylic acids is 1. The summed E-state index contributed by atoms with van der Waals surface area (Å²) in [5, 5.41) is 3.60. The predicted octanol–water partition coefficient (Wildman–Crippen LogP) is 1.25. The van der Waals surface area contributed by atoms with Crippen molar-refractivity contribution in [2.75, 3.05) is 30.5 Å². The molecule has 0 aromatic carbocycles. The van der Waals surface area contributed by atoms with E-state index < -0.39 is 0 Å². The molecular formula is C13H20N6OS. The summed E-state index contributed by atoms with van der Waals surface area (Å²) in [6.45, 7) is 5.08. The number of nitrogens with one attached hydrogen (secondary N) is 2. The first-order valence-electron chi connectivity index (χ1n) is 6.79. The quantitative estimate of drug-likeness (QED) is 0.549. The molecule has 114 valence electrons. The Morgan fingerprint density at radius 2 is 2.24 bits per heavy atom. The number of anilines is 2. The second-order valence-corrected chi connectivity index (χ2v) is 5.92. The fourth-order valence-electron chi connectivity index (χ4n) is 2.11. The number of hydrogen-bond acceptors (Lipinski definition) is 7. The molecule has 2 aromatic rings. The van der Waals surface area contributed by atoms with E-state index in [2.05, 4.69) is 27.6 Å². The van der Waals surface area contributed by atoms with Crippen LogP contribution in [0.25, 0.3) is 10.2 Å². The fourth-order valence-corrected chi connectivity index (χ4v) is 2.99. The van der Waals surface area contributed by atoms with Crippen LogP contribution in [0, 0.1) is 6.92 Å². The van der Waals surface area contributed by atoms with Crippen molar-refractivity contribution in [1.29, 1.82) is 0 Å². The molecule has 0 aliphatic heterocycles. The minimum atomic E-state index is -0.0515. The van der Waals surface area contributed by atoms with E-state index >= 15 is 0 Å². The molecule has 2 aromatic heterocycles. The van der Waals surface area contributed by atoms with Crippen LogP contribution < -0.4 is 21.5 Å². The number of hydrogen-bond donors (Lipinski definition) is 3. The second-order valence-electron chi connectivity index (χ2n) is 4.69. The lowest BCUT2D eigenvalue weighted by Crippen LogP contribution is -2.36. The second kappa shape index (κ2) is 6.68.